The Morgan fingerprint density at radius 1 is 1.30 bits per heavy atom. The summed E-state index contributed by atoms with van der Waals surface area (Å²) in [5.74, 6) is -0.0282. The summed E-state index contributed by atoms with van der Waals surface area (Å²) in [6.45, 7) is 1.55. The molecule has 1 N–H and O–H groups in total. The van der Waals surface area contributed by atoms with Gasteiger partial charge in [-0.2, -0.15) is 0 Å². The van der Waals surface area contributed by atoms with Crippen LogP contribution in [0.1, 0.15) is 18.4 Å². The molecule has 1 aromatic heterocycles. The summed E-state index contributed by atoms with van der Waals surface area (Å²) in [5.41, 5.74) is 1.09. The number of hydrogen-bond donors (Lipinski definition) is 1. The lowest BCUT2D eigenvalue weighted by Gasteiger charge is -2.17. The highest BCUT2D eigenvalue weighted by atomic mass is 16.2. The summed E-state index contributed by atoms with van der Waals surface area (Å²) < 4.78 is 1.50. The first-order valence-electron chi connectivity index (χ1n) is 7.52. The van der Waals surface area contributed by atoms with Crippen LogP contribution < -0.4 is 5.32 Å². The topological polar surface area (TPSA) is 93.0 Å². The molecule has 0 saturated carbocycles. The van der Waals surface area contributed by atoms with Gasteiger partial charge in [-0.1, -0.05) is 30.3 Å². The van der Waals surface area contributed by atoms with E-state index in [-0.39, 0.29) is 24.3 Å². The van der Waals surface area contributed by atoms with Crippen molar-refractivity contribution in [1.82, 2.24) is 30.4 Å². The smallest absolute Gasteiger partial charge is 0.225 e. The summed E-state index contributed by atoms with van der Waals surface area (Å²) in [6.07, 6.45) is 2.10. The van der Waals surface area contributed by atoms with E-state index >= 15 is 0 Å². The fraction of sp³-hybridized carbons (Fsp3) is 0.400. The van der Waals surface area contributed by atoms with Gasteiger partial charge < -0.3 is 10.2 Å². The zero-order chi connectivity index (χ0) is 16.1. The second-order valence-electron chi connectivity index (χ2n) is 5.55. The molecular weight excluding hydrogens is 296 g/mol. The van der Waals surface area contributed by atoms with Crippen molar-refractivity contribution in [3.63, 3.8) is 0 Å². The number of benzene rings is 1. The van der Waals surface area contributed by atoms with Crippen LogP contribution in [-0.4, -0.2) is 49.5 Å². The highest BCUT2D eigenvalue weighted by molar-refractivity contribution is 5.82. The quantitative estimate of drug-likeness (QED) is 0.809. The fourth-order valence-electron chi connectivity index (χ4n) is 2.62. The Balaban J connectivity index is 1.46. The van der Waals surface area contributed by atoms with Crippen molar-refractivity contribution in [2.75, 3.05) is 6.54 Å². The fourth-order valence-corrected chi connectivity index (χ4v) is 2.62. The van der Waals surface area contributed by atoms with Crippen molar-refractivity contribution >= 4 is 11.8 Å². The lowest BCUT2D eigenvalue weighted by molar-refractivity contribution is -0.128. The second-order valence-corrected chi connectivity index (χ2v) is 5.55. The lowest BCUT2D eigenvalue weighted by Crippen LogP contribution is -2.37. The van der Waals surface area contributed by atoms with E-state index in [4.69, 9.17) is 0 Å². The van der Waals surface area contributed by atoms with Crippen LogP contribution in [0.4, 0.5) is 0 Å². The zero-order valence-corrected chi connectivity index (χ0v) is 12.6. The molecule has 2 aromatic rings. The van der Waals surface area contributed by atoms with Crippen molar-refractivity contribution in [1.29, 1.82) is 0 Å². The van der Waals surface area contributed by atoms with E-state index in [0.717, 1.165) is 5.56 Å². The van der Waals surface area contributed by atoms with Crippen LogP contribution in [-0.2, 0) is 22.7 Å². The average molecular weight is 314 g/mol. The first-order chi connectivity index (χ1) is 11.2. The van der Waals surface area contributed by atoms with Gasteiger partial charge >= 0.3 is 0 Å². The molecule has 2 heterocycles. The summed E-state index contributed by atoms with van der Waals surface area (Å²) in [4.78, 5) is 25.8. The molecule has 120 valence electrons. The number of aromatic nitrogens is 4. The number of aryl methyl sites for hydroxylation is 1. The van der Waals surface area contributed by atoms with Crippen LogP contribution in [0.3, 0.4) is 0 Å². The van der Waals surface area contributed by atoms with Gasteiger partial charge in [-0.15, -0.1) is 5.10 Å². The molecule has 1 atom stereocenters. The third kappa shape index (κ3) is 4.12. The Morgan fingerprint density at radius 2 is 2.13 bits per heavy atom. The molecule has 1 aliphatic heterocycles. The van der Waals surface area contributed by atoms with Gasteiger partial charge in [-0.25, -0.2) is 4.68 Å². The zero-order valence-electron chi connectivity index (χ0n) is 12.6. The van der Waals surface area contributed by atoms with Crippen LogP contribution in [0.2, 0.25) is 0 Å². The molecule has 1 aromatic carbocycles. The minimum Gasteiger partial charge on any atom is -0.351 e. The summed E-state index contributed by atoms with van der Waals surface area (Å²) in [5, 5.41) is 13.6. The molecule has 23 heavy (non-hydrogen) atoms. The van der Waals surface area contributed by atoms with E-state index in [2.05, 4.69) is 20.8 Å². The predicted molar refractivity (Wildman–Crippen MR) is 80.8 cm³/mol. The molecule has 1 aliphatic rings. The van der Waals surface area contributed by atoms with Gasteiger partial charge in [-0.3, -0.25) is 9.59 Å². The number of carbonyl (C=O) groups is 2. The Labute approximate surface area is 133 Å². The molecule has 1 saturated heterocycles. The van der Waals surface area contributed by atoms with Crippen LogP contribution in [0.25, 0.3) is 0 Å². The Bertz CT molecular complexity index is 658. The molecule has 2 amide bonds. The molecule has 8 nitrogen and oxygen atoms in total. The van der Waals surface area contributed by atoms with Crippen molar-refractivity contribution in [3.8, 4) is 0 Å². The Morgan fingerprint density at radius 3 is 2.87 bits per heavy atom. The summed E-state index contributed by atoms with van der Waals surface area (Å²) in [7, 11) is 0. The molecule has 0 radical (unpaired) electrons. The van der Waals surface area contributed by atoms with Crippen molar-refractivity contribution < 1.29 is 9.59 Å². The Hall–Kier alpha value is -2.77. The molecule has 0 aliphatic carbocycles. The molecule has 0 bridgehead atoms. The SMILES string of the molecule is O=C(CCn1cnnn1)N[C@@H]1CC(=O)N(Cc2ccccc2)C1. The van der Waals surface area contributed by atoms with Crippen molar-refractivity contribution in [2.45, 2.75) is 32.0 Å². The van der Waals surface area contributed by atoms with Gasteiger partial charge in [0.25, 0.3) is 0 Å². The van der Waals surface area contributed by atoms with Gasteiger partial charge in [0.1, 0.15) is 6.33 Å². The van der Waals surface area contributed by atoms with E-state index in [1.54, 1.807) is 4.90 Å². The van der Waals surface area contributed by atoms with E-state index in [9.17, 15) is 9.59 Å². The van der Waals surface area contributed by atoms with Crippen LogP contribution in [0.5, 0.6) is 0 Å². The molecule has 3 rings (SSSR count). The van der Waals surface area contributed by atoms with Gasteiger partial charge in [0.05, 0.1) is 12.6 Å². The Kier molecular flexibility index (Phi) is 4.60. The molecule has 0 unspecified atom stereocenters. The monoisotopic (exact) mass is 314 g/mol. The van der Waals surface area contributed by atoms with Crippen LogP contribution >= 0.6 is 0 Å². The number of rotatable bonds is 6. The summed E-state index contributed by atoms with van der Waals surface area (Å²) in [6, 6.07) is 9.70. The third-order valence-electron chi connectivity index (χ3n) is 3.76. The normalized spacial score (nSPS) is 17.5. The number of tetrazole rings is 1. The third-order valence-corrected chi connectivity index (χ3v) is 3.76. The predicted octanol–water partition coefficient (Wildman–Crippen LogP) is -0.0195. The van der Waals surface area contributed by atoms with Crippen molar-refractivity contribution in [2.24, 2.45) is 0 Å². The summed E-state index contributed by atoms with van der Waals surface area (Å²) >= 11 is 0. The first kappa shape index (κ1) is 15.1. The highest BCUT2D eigenvalue weighted by Gasteiger charge is 2.30. The minimum absolute atomic E-state index is 0.0691. The standard InChI is InChI=1S/C15H18N6O2/c22-14(6-7-21-11-16-18-19-21)17-13-8-15(23)20(10-13)9-12-4-2-1-3-5-12/h1-5,11,13H,6-10H2,(H,17,22)/t13-/m1/s1. The lowest BCUT2D eigenvalue weighted by atomic mass is 10.2. The van der Waals surface area contributed by atoms with Gasteiger partial charge in [-0.05, 0) is 16.0 Å². The molecule has 1 fully saturated rings. The average Bonchev–Trinajstić information content (AvgIpc) is 3.17. The number of hydrogen-bond acceptors (Lipinski definition) is 5. The minimum atomic E-state index is -0.132. The van der Waals surface area contributed by atoms with E-state index < -0.39 is 0 Å². The maximum atomic E-state index is 12.1. The first-order valence-corrected chi connectivity index (χ1v) is 7.52. The van der Waals surface area contributed by atoms with Gasteiger partial charge in [0, 0.05) is 25.9 Å². The number of nitrogens with one attached hydrogen (secondary N) is 1. The van der Waals surface area contributed by atoms with Gasteiger partial charge in [0.15, 0.2) is 0 Å². The maximum absolute atomic E-state index is 12.1. The van der Waals surface area contributed by atoms with E-state index in [1.165, 1.54) is 11.0 Å². The molecular formula is C15H18N6O2. The molecule has 0 spiro atoms. The molecule has 8 heteroatoms. The number of likely N-dealkylation sites (tertiary alicyclic amines) is 1. The van der Waals surface area contributed by atoms with Crippen molar-refractivity contribution in [3.05, 3.63) is 42.2 Å². The number of nitrogens with zero attached hydrogens (tertiary/aromatic N) is 5. The highest BCUT2D eigenvalue weighted by Crippen LogP contribution is 2.15. The second kappa shape index (κ2) is 6.99. The largest absolute Gasteiger partial charge is 0.351 e. The van der Waals surface area contributed by atoms with Gasteiger partial charge in [0.2, 0.25) is 11.8 Å². The van der Waals surface area contributed by atoms with E-state index in [1.807, 2.05) is 30.3 Å². The number of carbonyl (C=O) groups excluding carboxylic acids is 2. The number of amides is 2. The van der Waals surface area contributed by atoms with Crippen LogP contribution in [0.15, 0.2) is 36.7 Å². The van der Waals surface area contributed by atoms with E-state index in [0.29, 0.717) is 26.1 Å². The maximum Gasteiger partial charge on any atom is 0.225 e. The van der Waals surface area contributed by atoms with Crippen LogP contribution in [0, 0.1) is 0 Å².